The molecule has 0 fully saturated rings. The molecule has 0 amide bonds. The van der Waals surface area contributed by atoms with E-state index in [0.717, 1.165) is 16.7 Å². The van der Waals surface area contributed by atoms with Crippen LogP contribution in [-0.4, -0.2) is 28.1 Å². The van der Waals surface area contributed by atoms with E-state index in [1.807, 2.05) is 25.1 Å². The first-order chi connectivity index (χ1) is 13.4. The van der Waals surface area contributed by atoms with Crippen molar-refractivity contribution >= 4 is 27.6 Å². The lowest BCUT2D eigenvalue weighted by Gasteiger charge is -2.11. The maximum Gasteiger partial charge on any atom is 0.338 e. The van der Waals surface area contributed by atoms with Gasteiger partial charge in [-0.2, -0.15) is 0 Å². The molecule has 0 heterocycles. The molecule has 0 saturated carbocycles. The first-order valence-corrected chi connectivity index (χ1v) is 10.2. The standard InChI is InChI=1S/C21H21NO5S/c1-4-27-21(23)18-12-15-7-5-6-14(2)20(15)19(18)13-22-28(24,25)17-10-8-16(26-3)9-11-17/h5-13,22H,4H2,1-3H3/b19-13+. The van der Waals surface area contributed by atoms with Gasteiger partial charge < -0.3 is 9.47 Å². The quantitative estimate of drug-likeness (QED) is 0.754. The van der Waals surface area contributed by atoms with Gasteiger partial charge in [0.05, 0.1) is 24.2 Å². The molecule has 3 rings (SSSR count). The molecule has 0 saturated heterocycles. The first kappa shape index (κ1) is 19.7. The van der Waals surface area contributed by atoms with Crippen LogP contribution < -0.4 is 9.46 Å². The van der Waals surface area contributed by atoms with Crippen LogP contribution in [-0.2, 0) is 19.6 Å². The summed E-state index contributed by atoms with van der Waals surface area (Å²) in [6, 6.07) is 11.7. The van der Waals surface area contributed by atoms with Crippen molar-refractivity contribution in [1.82, 2.24) is 4.72 Å². The topological polar surface area (TPSA) is 81.7 Å². The number of sulfonamides is 1. The minimum absolute atomic E-state index is 0.0924. The molecule has 6 nitrogen and oxygen atoms in total. The fourth-order valence-corrected chi connectivity index (χ4v) is 3.94. The van der Waals surface area contributed by atoms with E-state index in [-0.39, 0.29) is 11.5 Å². The van der Waals surface area contributed by atoms with Crippen molar-refractivity contribution < 1.29 is 22.7 Å². The normalized spacial score (nSPS) is 14.4. The summed E-state index contributed by atoms with van der Waals surface area (Å²) in [6.45, 7) is 3.87. The second-order valence-electron chi connectivity index (χ2n) is 6.17. The Morgan fingerprint density at radius 2 is 1.86 bits per heavy atom. The monoisotopic (exact) mass is 399 g/mol. The molecule has 0 radical (unpaired) electrons. The van der Waals surface area contributed by atoms with Gasteiger partial charge >= 0.3 is 5.97 Å². The van der Waals surface area contributed by atoms with Crippen LogP contribution in [0.1, 0.15) is 23.6 Å². The molecule has 0 atom stereocenters. The second-order valence-corrected chi connectivity index (χ2v) is 7.89. The van der Waals surface area contributed by atoms with Crippen LogP contribution in [0, 0.1) is 6.92 Å². The molecular weight excluding hydrogens is 378 g/mol. The zero-order valence-electron chi connectivity index (χ0n) is 15.9. The van der Waals surface area contributed by atoms with E-state index < -0.39 is 16.0 Å². The van der Waals surface area contributed by atoms with Crippen LogP contribution in [0.4, 0.5) is 0 Å². The SMILES string of the molecule is CCOC(=O)C1=Cc2cccc(C)c2/C1=C/NS(=O)(=O)c1ccc(OC)cc1. The zero-order valence-corrected chi connectivity index (χ0v) is 16.7. The number of fused-ring (bicyclic) bond motifs is 1. The lowest BCUT2D eigenvalue weighted by molar-refractivity contribution is -0.137. The number of carbonyl (C=O) groups excluding carboxylic acids is 1. The Kier molecular flexibility index (Phi) is 5.56. The number of hydrogen-bond acceptors (Lipinski definition) is 5. The third-order valence-corrected chi connectivity index (χ3v) is 5.71. The Bertz CT molecular complexity index is 1070. The van der Waals surface area contributed by atoms with Crippen LogP contribution in [0.3, 0.4) is 0 Å². The third kappa shape index (κ3) is 3.80. The summed E-state index contributed by atoms with van der Waals surface area (Å²) in [5, 5.41) is 0. The zero-order chi connectivity index (χ0) is 20.3. The van der Waals surface area contributed by atoms with Crippen LogP contribution >= 0.6 is 0 Å². The van der Waals surface area contributed by atoms with E-state index >= 15 is 0 Å². The number of carbonyl (C=O) groups is 1. The number of aryl methyl sites for hydroxylation is 1. The lowest BCUT2D eigenvalue weighted by Crippen LogP contribution is -2.19. The molecule has 0 aliphatic heterocycles. The highest BCUT2D eigenvalue weighted by atomic mass is 32.2. The summed E-state index contributed by atoms with van der Waals surface area (Å²) < 4.78 is 38.0. The Morgan fingerprint density at radius 1 is 1.14 bits per heavy atom. The number of esters is 1. The van der Waals surface area contributed by atoms with Crippen molar-refractivity contribution in [3.8, 4) is 5.75 Å². The summed E-state index contributed by atoms with van der Waals surface area (Å²) in [4.78, 5) is 12.5. The van der Waals surface area contributed by atoms with Gasteiger partial charge in [0, 0.05) is 11.8 Å². The molecule has 7 heteroatoms. The number of ether oxygens (including phenoxy) is 2. The first-order valence-electron chi connectivity index (χ1n) is 8.73. The number of methoxy groups -OCH3 is 1. The van der Waals surface area contributed by atoms with Gasteiger partial charge in [0.2, 0.25) is 0 Å². The van der Waals surface area contributed by atoms with Gasteiger partial charge in [0.1, 0.15) is 5.75 Å². The molecule has 0 aromatic heterocycles. The van der Waals surface area contributed by atoms with E-state index in [4.69, 9.17) is 9.47 Å². The van der Waals surface area contributed by atoms with Crippen LogP contribution in [0.2, 0.25) is 0 Å². The lowest BCUT2D eigenvalue weighted by atomic mass is 9.99. The number of benzene rings is 2. The van der Waals surface area contributed by atoms with Crippen LogP contribution in [0.25, 0.3) is 11.6 Å². The Labute approximate surface area is 164 Å². The molecule has 0 unspecified atom stereocenters. The van der Waals surface area contributed by atoms with Crippen molar-refractivity contribution in [2.24, 2.45) is 0 Å². The van der Waals surface area contributed by atoms with Gasteiger partial charge in [-0.05, 0) is 60.9 Å². The van der Waals surface area contributed by atoms with Crippen molar-refractivity contribution in [2.45, 2.75) is 18.7 Å². The molecule has 0 bridgehead atoms. The van der Waals surface area contributed by atoms with Gasteiger partial charge in [0.25, 0.3) is 10.0 Å². The predicted molar refractivity (Wildman–Crippen MR) is 107 cm³/mol. The van der Waals surface area contributed by atoms with Gasteiger partial charge in [-0.25, -0.2) is 13.2 Å². The smallest absolute Gasteiger partial charge is 0.338 e. The Morgan fingerprint density at radius 3 is 2.50 bits per heavy atom. The Balaban J connectivity index is 1.98. The largest absolute Gasteiger partial charge is 0.497 e. The van der Waals surface area contributed by atoms with Crippen LogP contribution in [0.15, 0.2) is 59.1 Å². The summed E-state index contributed by atoms with van der Waals surface area (Å²) >= 11 is 0. The van der Waals surface area contributed by atoms with E-state index in [0.29, 0.717) is 16.9 Å². The average molecular weight is 399 g/mol. The second kappa shape index (κ2) is 7.90. The van der Waals surface area contributed by atoms with Gasteiger partial charge in [0.15, 0.2) is 0 Å². The van der Waals surface area contributed by atoms with E-state index in [1.54, 1.807) is 25.1 Å². The maximum atomic E-state index is 12.7. The molecule has 2 aromatic rings. The van der Waals surface area contributed by atoms with Crippen molar-refractivity contribution in [3.63, 3.8) is 0 Å². The highest BCUT2D eigenvalue weighted by Gasteiger charge is 2.27. The van der Waals surface area contributed by atoms with Gasteiger partial charge in [-0.1, -0.05) is 18.2 Å². The summed E-state index contributed by atoms with van der Waals surface area (Å²) in [5.74, 6) is 0.0678. The average Bonchev–Trinajstić information content (AvgIpc) is 3.07. The maximum absolute atomic E-state index is 12.7. The van der Waals surface area contributed by atoms with Crippen molar-refractivity contribution in [3.05, 3.63) is 70.9 Å². The molecule has 28 heavy (non-hydrogen) atoms. The third-order valence-electron chi connectivity index (χ3n) is 4.39. The molecule has 1 N–H and O–H groups in total. The van der Waals surface area contributed by atoms with Crippen molar-refractivity contribution in [2.75, 3.05) is 13.7 Å². The predicted octanol–water partition coefficient (Wildman–Crippen LogP) is 3.28. The van der Waals surface area contributed by atoms with Gasteiger partial charge in [-0.15, -0.1) is 0 Å². The molecule has 1 aliphatic carbocycles. The van der Waals surface area contributed by atoms with Crippen molar-refractivity contribution in [1.29, 1.82) is 0 Å². The fourth-order valence-electron chi connectivity index (χ4n) is 3.03. The Hall–Kier alpha value is -3.06. The number of nitrogens with one attached hydrogen (secondary N) is 1. The number of hydrogen-bond donors (Lipinski definition) is 1. The molecular formula is C21H21NO5S. The molecule has 146 valence electrons. The highest BCUT2D eigenvalue weighted by molar-refractivity contribution is 7.89. The molecule has 0 spiro atoms. The summed E-state index contributed by atoms with van der Waals surface area (Å²) in [5.41, 5.74) is 3.40. The fraction of sp³-hybridized carbons (Fsp3) is 0.190. The van der Waals surface area contributed by atoms with E-state index in [2.05, 4.69) is 4.72 Å². The van der Waals surface area contributed by atoms with E-state index in [1.165, 1.54) is 25.4 Å². The highest BCUT2D eigenvalue weighted by Crippen LogP contribution is 2.37. The van der Waals surface area contributed by atoms with Gasteiger partial charge in [-0.3, -0.25) is 4.72 Å². The van der Waals surface area contributed by atoms with Crippen LogP contribution in [0.5, 0.6) is 5.75 Å². The minimum atomic E-state index is -3.81. The molecule has 1 aliphatic rings. The van der Waals surface area contributed by atoms with E-state index in [9.17, 15) is 13.2 Å². The minimum Gasteiger partial charge on any atom is -0.497 e. The summed E-state index contributed by atoms with van der Waals surface area (Å²) in [6.07, 6.45) is 3.06. The molecule has 2 aromatic carbocycles. The number of rotatable bonds is 6. The summed E-state index contributed by atoms with van der Waals surface area (Å²) in [7, 11) is -2.30.